The number of hydrogen-bond donors (Lipinski definition) is 1. The Hall–Kier alpha value is -2.11. The van der Waals surface area contributed by atoms with Gasteiger partial charge in [0.05, 0.1) is 5.56 Å². The number of likely N-dealkylation sites (tertiary alicyclic amines) is 1. The monoisotopic (exact) mass is 276 g/mol. The molecule has 0 spiro atoms. The van der Waals surface area contributed by atoms with Gasteiger partial charge in [0.25, 0.3) is 0 Å². The molecule has 2 amide bonds. The maximum Gasteiger partial charge on any atom is 0.250 e. The molecule has 1 aromatic rings. The minimum atomic E-state index is -0.480. The van der Waals surface area contributed by atoms with Gasteiger partial charge in [-0.05, 0) is 19.1 Å². The summed E-state index contributed by atoms with van der Waals surface area (Å²) in [6, 6.07) is 3.44. The summed E-state index contributed by atoms with van der Waals surface area (Å²) in [7, 11) is 1.94. The van der Waals surface area contributed by atoms with Gasteiger partial charge in [-0.1, -0.05) is 0 Å². The summed E-state index contributed by atoms with van der Waals surface area (Å²) in [5.41, 5.74) is 5.58. The van der Waals surface area contributed by atoms with Crippen LogP contribution in [0.15, 0.2) is 18.3 Å². The molecule has 20 heavy (non-hydrogen) atoms. The van der Waals surface area contributed by atoms with E-state index in [1.165, 1.54) is 6.20 Å². The lowest BCUT2D eigenvalue weighted by atomic mass is 10.1. The van der Waals surface area contributed by atoms with Crippen molar-refractivity contribution < 1.29 is 9.59 Å². The van der Waals surface area contributed by atoms with Crippen LogP contribution in [0.25, 0.3) is 0 Å². The average Bonchev–Trinajstić information content (AvgIpc) is 2.78. The first-order valence-electron chi connectivity index (χ1n) is 6.76. The fourth-order valence-electron chi connectivity index (χ4n) is 2.52. The Labute approximate surface area is 118 Å². The van der Waals surface area contributed by atoms with Crippen molar-refractivity contribution in [3.63, 3.8) is 0 Å². The third-order valence-electron chi connectivity index (χ3n) is 3.63. The molecule has 1 atom stereocenters. The van der Waals surface area contributed by atoms with Crippen molar-refractivity contribution in [2.24, 2.45) is 11.7 Å². The molecular weight excluding hydrogens is 256 g/mol. The lowest BCUT2D eigenvalue weighted by Gasteiger charge is -2.22. The molecule has 2 heterocycles. The van der Waals surface area contributed by atoms with E-state index in [4.69, 9.17) is 5.73 Å². The summed E-state index contributed by atoms with van der Waals surface area (Å²) in [5, 5.41) is 0. The summed E-state index contributed by atoms with van der Waals surface area (Å²) in [6.07, 6.45) is 2.07. The van der Waals surface area contributed by atoms with Crippen molar-refractivity contribution in [2.75, 3.05) is 31.6 Å². The summed E-state index contributed by atoms with van der Waals surface area (Å²) in [4.78, 5) is 30.8. The van der Waals surface area contributed by atoms with Crippen molar-refractivity contribution in [1.29, 1.82) is 0 Å². The molecule has 6 nitrogen and oxygen atoms in total. The van der Waals surface area contributed by atoms with E-state index < -0.39 is 5.91 Å². The van der Waals surface area contributed by atoms with E-state index in [2.05, 4.69) is 4.98 Å². The Morgan fingerprint density at radius 1 is 1.55 bits per heavy atom. The molecule has 1 unspecified atom stereocenters. The highest BCUT2D eigenvalue weighted by molar-refractivity contribution is 5.92. The fourth-order valence-corrected chi connectivity index (χ4v) is 2.52. The highest BCUT2D eigenvalue weighted by Gasteiger charge is 2.29. The third-order valence-corrected chi connectivity index (χ3v) is 3.63. The van der Waals surface area contributed by atoms with Gasteiger partial charge < -0.3 is 15.5 Å². The van der Waals surface area contributed by atoms with Gasteiger partial charge in [-0.3, -0.25) is 9.59 Å². The summed E-state index contributed by atoms with van der Waals surface area (Å²) < 4.78 is 0. The first kappa shape index (κ1) is 14.3. The molecular formula is C14H20N4O2. The molecule has 2 N–H and O–H groups in total. The van der Waals surface area contributed by atoms with E-state index in [0.29, 0.717) is 17.9 Å². The first-order chi connectivity index (χ1) is 9.51. The highest BCUT2D eigenvalue weighted by Crippen LogP contribution is 2.20. The minimum absolute atomic E-state index is 0.225. The number of hydrogen-bond acceptors (Lipinski definition) is 4. The normalized spacial score (nSPS) is 18.4. The second kappa shape index (κ2) is 5.90. The molecule has 108 valence electrons. The van der Waals surface area contributed by atoms with Gasteiger partial charge in [-0.2, -0.15) is 0 Å². The largest absolute Gasteiger partial charge is 0.366 e. The van der Waals surface area contributed by atoms with Crippen LogP contribution in [0.1, 0.15) is 23.7 Å². The molecule has 2 rings (SSSR count). The van der Waals surface area contributed by atoms with E-state index in [9.17, 15) is 9.59 Å². The van der Waals surface area contributed by atoms with Crippen LogP contribution in [0, 0.1) is 5.92 Å². The van der Waals surface area contributed by atoms with Gasteiger partial charge in [0.15, 0.2) is 0 Å². The van der Waals surface area contributed by atoms with Crippen molar-refractivity contribution in [1.82, 2.24) is 9.88 Å². The molecule has 6 heteroatoms. The summed E-state index contributed by atoms with van der Waals surface area (Å²) in [6.45, 7) is 4.34. The van der Waals surface area contributed by atoms with E-state index in [-0.39, 0.29) is 5.91 Å². The highest BCUT2D eigenvalue weighted by atomic mass is 16.2. The number of amides is 2. The van der Waals surface area contributed by atoms with Crippen molar-refractivity contribution in [3.8, 4) is 0 Å². The molecule has 0 radical (unpaired) electrons. The zero-order valence-corrected chi connectivity index (χ0v) is 11.9. The Morgan fingerprint density at radius 3 is 2.80 bits per heavy atom. The van der Waals surface area contributed by atoms with Gasteiger partial charge in [0.1, 0.15) is 5.82 Å². The number of carbonyl (C=O) groups is 2. The maximum absolute atomic E-state index is 11.7. The molecule has 1 aromatic heterocycles. The fraction of sp³-hybridized carbons (Fsp3) is 0.500. The number of primary amides is 1. The lowest BCUT2D eigenvalue weighted by Crippen LogP contribution is -2.29. The molecule has 0 aliphatic carbocycles. The second-order valence-electron chi connectivity index (χ2n) is 5.15. The van der Waals surface area contributed by atoms with Crippen LogP contribution in [0.5, 0.6) is 0 Å². The number of nitrogens with zero attached hydrogens (tertiary/aromatic N) is 3. The number of carbonyl (C=O) groups excluding carboxylic acids is 2. The number of nitrogens with two attached hydrogens (primary N) is 1. The molecule has 0 aromatic carbocycles. The van der Waals surface area contributed by atoms with Gasteiger partial charge in [0.2, 0.25) is 11.8 Å². The van der Waals surface area contributed by atoms with Gasteiger partial charge in [-0.25, -0.2) is 4.98 Å². The predicted molar refractivity (Wildman–Crippen MR) is 76.4 cm³/mol. The SMILES string of the molecule is CCN1CC(CN(C)c2ccc(C(N)=O)cn2)CC1=O. The van der Waals surface area contributed by atoms with Crippen LogP contribution >= 0.6 is 0 Å². The number of pyridine rings is 1. The summed E-state index contributed by atoms with van der Waals surface area (Å²) >= 11 is 0. The van der Waals surface area contributed by atoms with Crippen LogP contribution in [-0.2, 0) is 4.79 Å². The first-order valence-corrected chi connectivity index (χ1v) is 6.76. The average molecular weight is 276 g/mol. The number of aromatic nitrogens is 1. The van der Waals surface area contributed by atoms with Crippen LogP contribution in [0.4, 0.5) is 5.82 Å². The third kappa shape index (κ3) is 3.07. The molecule has 1 saturated heterocycles. The Balaban J connectivity index is 1.96. The Morgan fingerprint density at radius 2 is 2.30 bits per heavy atom. The Bertz CT molecular complexity index is 500. The van der Waals surface area contributed by atoms with Gasteiger partial charge in [0, 0.05) is 45.2 Å². The van der Waals surface area contributed by atoms with E-state index in [1.54, 1.807) is 12.1 Å². The Kier molecular flexibility index (Phi) is 4.22. The van der Waals surface area contributed by atoms with Crippen LogP contribution in [-0.4, -0.2) is 48.4 Å². The zero-order chi connectivity index (χ0) is 14.7. The minimum Gasteiger partial charge on any atom is -0.366 e. The lowest BCUT2D eigenvalue weighted by molar-refractivity contribution is -0.127. The molecule has 1 fully saturated rings. The second-order valence-corrected chi connectivity index (χ2v) is 5.15. The van der Waals surface area contributed by atoms with Crippen LogP contribution < -0.4 is 10.6 Å². The van der Waals surface area contributed by atoms with E-state index >= 15 is 0 Å². The van der Waals surface area contributed by atoms with E-state index in [1.807, 2.05) is 23.8 Å². The van der Waals surface area contributed by atoms with Crippen LogP contribution in [0.3, 0.4) is 0 Å². The van der Waals surface area contributed by atoms with Crippen molar-refractivity contribution in [3.05, 3.63) is 23.9 Å². The van der Waals surface area contributed by atoms with Crippen LogP contribution in [0.2, 0.25) is 0 Å². The van der Waals surface area contributed by atoms with Crippen molar-refractivity contribution in [2.45, 2.75) is 13.3 Å². The maximum atomic E-state index is 11.7. The number of rotatable bonds is 5. The zero-order valence-electron chi connectivity index (χ0n) is 11.9. The topological polar surface area (TPSA) is 79.5 Å². The molecule has 1 aliphatic heterocycles. The predicted octanol–water partition coefficient (Wildman–Crippen LogP) is 0.485. The standard InChI is InChI=1S/C14H20N4O2/c1-3-18-9-10(6-13(18)19)8-17(2)12-5-4-11(7-16-12)14(15)20/h4-5,7,10H,3,6,8-9H2,1-2H3,(H2,15,20). The smallest absolute Gasteiger partial charge is 0.250 e. The number of anilines is 1. The van der Waals surface area contributed by atoms with Gasteiger partial charge in [-0.15, -0.1) is 0 Å². The summed E-state index contributed by atoms with van der Waals surface area (Å²) in [5.74, 6) is 0.845. The molecule has 1 aliphatic rings. The molecule has 0 saturated carbocycles. The van der Waals surface area contributed by atoms with Gasteiger partial charge >= 0.3 is 0 Å². The van der Waals surface area contributed by atoms with E-state index in [0.717, 1.165) is 25.5 Å². The molecule has 0 bridgehead atoms. The van der Waals surface area contributed by atoms with Crippen molar-refractivity contribution >= 4 is 17.6 Å². The quantitative estimate of drug-likeness (QED) is 0.848.